The number of nitrogens with zero attached hydrogens (tertiary/aromatic N) is 3. The number of rotatable bonds is 7. The first-order chi connectivity index (χ1) is 15.2. The zero-order valence-corrected chi connectivity index (χ0v) is 20.7. The molecule has 0 aliphatic carbocycles. The van der Waals surface area contributed by atoms with Crippen molar-refractivity contribution in [2.75, 3.05) is 23.9 Å². The summed E-state index contributed by atoms with van der Waals surface area (Å²) in [5, 5.41) is 3.90. The first-order valence-electron chi connectivity index (χ1n) is 9.96. The molecule has 0 bridgehead atoms. The van der Waals surface area contributed by atoms with Crippen LogP contribution in [0.15, 0.2) is 47.1 Å². The molecular weight excluding hydrogens is 464 g/mol. The molecule has 0 atom stereocenters. The molecule has 0 aliphatic rings. The second-order valence-electron chi connectivity index (χ2n) is 8.16. The van der Waals surface area contributed by atoms with Gasteiger partial charge in [0, 0.05) is 22.9 Å². The summed E-state index contributed by atoms with van der Waals surface area (Å²) in [7, 11) is -3.67. The van der Waals surface area contributed by atoms with E-state index < -0.39 is 14.6 Å². The monoisotopic (exact) mass is 488 g/mol. The van der Waals surface area contributed by atoms with Crippen LogP contribution in [0.5, 0.6) is 5.75 Å². The summed E-state index contributed by atoms with van der Waals surface area (Å²) in [6.45, 7) is 5.45. The Kier molecular flexibility index (Phi) is 6.28. The fourth-order valence-electron chi connectivity index (χ4n) is 3.12. The van der Waals surface area contributed by atoms with Crippen LogP contribution in [0.3, 0.4) is 0 Å². The number of thiazole rings is 1. The Morgan fingerprint density at radius 2 is 1.91 bits per heavy atom. The summed E-state index contributed by atoms with van der Waals surface area (Å²) in [6.07, 6.45) is 3.43. The maximum absolute atomic E-state index is 13.4. The van der Waals surface area contributed by atoms with Crippen molar-refractivity contribution in [3.05, 3.63) is 42.2 Å². The predicted molar refractivity (Wildman–Crippen MR) is 133 cm³/mol. The zero-order chi connectivity index (χ0) is 22.9. The third-order valence-corrected chi connectivity index (χ3v) is 8.83. The lowest BCUT2D eigenvalue weighted by molar-refractivity contribution is 0.335. The van der Waals surface area contributed by atoms with Crippen LogP contribution in [0.25, 0.3) is 21.1 Å². The van der Waals surface area contributed by atoms with E-state index in [9.17, 15) is 8.42 Å². The number of hydrogen-bond donors (Lipinski definition) is 1. The van der Waals surface area contributed by atoms with Gasteiger partial charge in [-0.25, -0.2) is 23.4 Å². The van der Waals surface area contributed by atoms with Crippen molar-refractivity contribution in [2.24, 2.45) is 0 Å². The Labute approximate surface area is 195 Å². The van der Waals surface area contributed by atoms with E-state index in [1.807, 2.05) is 24.5 Å². The number of fused-ring (bicyclic) bond motifs is 2. The van der Waals surface area contributed by atoms with Gasteiger partial charge < -0.3 is 10.1 Å². The fourth-order valence-corrected chi connectivity index (χ4v) is 5.35. The molecule has 7 nitrogen and oxygen atoms in total. The average molecular weight is 489 g/mol. The van der Waals surface area contributed by atoms with Gasteiger partial charge in [0.05, 0.1) is 32.6 Å². The van der Waals surface area contributed by atoms with Crippen molar-refractivity contribution in [1.29, 1.82) is 0 Å². The first-order valence-corrected chi connectivity index (χ1v) is 13.7. The lowest BCUT2D eigenvalue weighted by Gasteiger charge is -2.22. The van der Waals surface area contributed by atoms with E-state index in [1.54, 1.807) is 61.5 Å². The summed E-state index contributed by atoms with van der Waals surface area (Å²) >= 11 is 3.21. The Hall–Kier alpha value is -2.43. The van der Waals surface area contributed by atoms with Gasteiger partial charge in [-0.2, -0.15) is 11.8 Å². The van der Waals surface area contributed by atoms with Gasteiger partial charge in [0.2, 0.25) is 0 Å². The van der Waals surface area contributed by atoms with Gasteiger partial charge in [0.15, 0.2) is 9.84 Å². The largest absolute Gasteiger partial charge is 0.491 e. The SMILES string of the molecule is CSCCOc1cc2ncnc(Nc3ccc4scnc4c3)c2cc1S(=O)(=O)C(C)(C)C. The normalized spacial score (nSPS) is 12.4. The topological polar surface area (TPSA) is 94.1 Å². The van der Waals surface area contributed by atoms with Crippen LogP contribution in [0.4, 0.5) is 11.5 Å². The molecule has 0 saturated carbocycles. The molecule has 0 radical (unpaired) electrons. The minimum Gasteiger partial charge on any atom is -0.491 e. The summed E-state index contributed by atoms with van der Waals surface area (Å²) in [4.78, 5) is 13.2. The van der Waals surface area contributed by atoms with Crippen LogP contribution in [-0.2, 0) is 9.84 Å². The molecule has 2 aromatic heterocycles. The molecule has 168 valence electrons. The van der Waals surface area contributed by atoms with Gasteiger partial charge in [-0.3, -0.25) is 0 Å². The van der Waals surface area contributed by atoms with E-state index in [0.717, 1.165) is 21.7 Å². The summed E-state index contributed by atoms with van der Waals surface area (Å²) in [5.41, 5.74) is 4.10. The molecule has 1 N–H and O–H groups in total. The molecule has 0 amide bonds. The van der Waals surface area contributed by atoms with Gasteiger partial charge >= 0.3 is 0 Å². The Morgan fingerprint density at radius 1 is 1.09 bits per heavy atom. The van der Waals surface area contributed by atoms with Crippen molar-refractivity contribution in [2.45, 2.75) is 30.4 Å². The molecule has 4 rings (SSSR count). The minimum absolute atomic E-state index is 0.145. The molecule has 0 spiro atoms. The summed E-state index contributed by atoms with van der Waals surface area (Å²) < 4.78 is 32.7. The summed E-state index contributed by atoms with van der Waals surface area (Å²) in [5.74, 6) is 1.59. The van der Waals surface area contributed by atoms with Gasteiger partial charge in [-0.15, -0.1) is 11.3 Å². The highest BCUT2D eigenvalue weighted by molar-refractivity contribution is 7.98. The maximum atomic E-state index is 13.4. The van der Waals surface area contributed by atoms with E-state index >= 15 is 0 Å². The van der Waals surface area contributed by atoms with Crippen LogP contribution in [0, 0.1) is 0 Å². The van der Waals surface area contributed by atoms with E-state index in [4.69, 9.17) is 4.74 Å². The summed E-state index contributed by atoms with van der Waals surface area (Å²) in [6, 6.07) is 9.18. The van der Waals surface area contributed by atoms with Crippen LogP contribution >= 0.6 is 23.1 Å². The van der Waals surface area contributed by atoms with Crippen LogP contribution < -0.4 is 10.1 Å². The second kappa shape index (κ2) is 8.84. The molecule has 32 heavy (non-hydrogen) atoms. The highest BCUT2D eigenvalue weighted by Crippen LogP contribution is 2.37. The zero-order valence-electron chi connectivity index (χ0n) is 18.2. The van der Waals surface area contributed by atoms with Crippen molar-refractivity contribution in [3.63, 3.8) is 0 Å². The highest BCUT2D eigenvalue weighted by atomic mass is 32.2. The number of aromatic nitrogens is 3. The van der Waals surface area contributed by atoms with Crippen molar-refractivity contribution in [1.82, 2.24) is 15.0 Å². The number of sulfone groups is 1. The van der Waals surface area contributed by atoms with Crippen LogP contribution in [0.1, 0.15) is 20.8 Å². The van der Waals surface area contributed by atoms with Gasteiger partial charge in [-0.05, 0) is 51.3 Å². The third kappa shape index (κ3) is 4.39. The van der Waals surface area contributed by atoms with Crippen LogP contribution in [0.2, 0.25) is 0 Å². The smallest absolute Gasteiger partial charge is 0.186 e. The molecular formula is C22H24N4O3S3. The standard InChI is InChI=1S/C22H24N4O3S3/c1-22(2,3)32(27,28)20-10-15-16(11-18(20)29-7-8-30-4)23-12-24-21(15)26-14-5-6-19-17(9-14)25-13-31-19/h5-6,9-13H,7-8H2,1-4H3,(H,23,24,26). The van der Waals surface area contributed by atoms with E-state index in [-0.39, 0.29) is 4.90 Å². The van der Waals surface area contributed by atoms with Crippen molar-refractivity contribution >= 4 is 65.6 Å². The van der Waals surface area contributed by atoms with Crippen molar-refractivity contribution in [3.8, 4) is 5.75 Å². The Morgan fingerprint density at radius 3 is 2.66 bits per heavy atom. The number of hydrogen-bond acceptors (Lipinski definition) is 9. The second-order valence-corrected chi connectivity index (χ2v) is 12.7. The molecule has 10 heteroatoms. The first kappa shape index (κ1) is 22.8. The lowest BCUT2D eigenvalue weighted by atomic mass is 10.2. The molecule has 0 aliphatic heterocycles. The number of anilines is 2. The number of ether oxygens (including phenoxy) is 1. The quantitative estimate of drug-likeness (QED) is 0.350. The fraction of sp³-hybridized carbons (Fsp3) is 0.318. The van der Waals surface area contributed by atoms with Crippen molar-refractivity contribution < 1.29 is 13.2 Å². The molecule has 2 aromatic carbocycles. The molecule has 4 aromatic rings. The predicted octanol–water partition coefficient (Wildman–Crippen LogP) is 5.30. The third-order valence-electron chi connectivity index (χ3n) is 4.93. The number of benzene rings is 2. The Bertz CT molecular complexity index is 1380. The molecule has 2 heterocycles. The van der Waals surface area contributed by atoms with Gasteiger partial charge in [0.1, 0.15) is 22.8 Å². The maximum Gasteiger partial charge on any atom is 0.186 e. The van der Waals surface area contributed by atoms with E-state index in [2.05, 4.69) is 20.3 Å². The van der Waals surface area contributed by atoms with Gasteiger partial charge in [0.25, 0.3) is 0 Å². The van der Waals surface area contributed by atoms with Crippen LogP contribution in [-0.4, -0.2) is 46.7 Å². The Balaban J connectivity index is 1.83. The average Bonchev–Trinajstić information content (AvgIpc) is 3.20. The number of nitrogens with one attached hydrogen (secondary N) is 1. The molecule has 0 unspecified atom stereocenters. The minimum atomic E-state index is -3.67. The van der Waals surface area contributed by atoms with Gasteiger partial charge in [-0.1, -0.05) is 0 Å². The number of thioether (sulfide) groups is 1. The van der Waals surface area contributed by atoms with E-state index in [0.29, 0.717) is 29.1 Å². The molecule has 0 fully saturated rings. The van der Waals surface area contributed by atoms with E-state index in [1.165, 1.54) is 6.33 Å². The lowest BCUT2D eigenvalue weighted by Crippen LogP contribution is -2.28. The molecule has 0 saturated heterocycles. The highest BCUT2D eigenvalue weighted by Gasteiger charge is 2.34.